The standard InChI is InChI=1S/C18H18N4O2/c23-13-18(24)21-16-4-1-3-15(11-16)19-12-14-5-7-17(8-6-14)22-10-2-9-20-22/h1-11,19,23H,12-13H2,(H,21,24). The second-order valence-electron chi connectivity index (χ2n) is 5.26. The van der Waals surface area contributed by atoms with Crippen molar-refractivity contribution in [3.05, 3.63) is 72.6 Å². The molecule has 1 aromatic heterocycles. The molecule has 0 unspecified atom stereocenters. The fourth-order valence-electron chi connectivity index (χ4n) is 2.30. The van der Waals surface area contributed by atoms with Gasteiger partial charge in [0, 0.05) is 30.3 Å². The Balaban J connectivity index is 1.61. The van der Waals surface area contributed by atoms with Crippen LogP contribution in [0.1, 0.15) is 5.56 Å². The first-order chi connectivity index (χ1) is 11.7. The van der Waals surface area contributed by atoms with Gasteiger partial charge in [0.15, 0.2) is 0 Å². The first kappa shape index (κ1) is 15.8. The van der Waals surface area contributed by atoms with Crippen molar-refractivity contribution in [2.75, 3.05) is 17.2 Å². The number of nitrogens with one attached hydrogen (secondary N) is 2. The monoisotopic (exact) mass is 322 g/mol. The van der Waals surface area contributed by atoms with E-state index in [2.05, 4.69) is 15.7 Å². The summed E-state index contributed by atoms with van der Waals surface area (Å²) in [7, 11) is 0. The van der Waals surface area contributed by atoms with Gasteiger partial charge in [-0.15, -0.1) is 0 Å². The summed E-state index contributed by atoms with van der Waals surface area (Å²) in [6.07, 6.45) is 3.65. The van der Waals surface area contributed by atoms with Crippen LogP contribution in [0.25, 0.3) is 5.69 Å². The van der Waals surface area contributed by atoms with Gasteiger partial charge in [-0.3, -0.25) is 4.79 Å². The minimum atomic E-state index is -0.528. The molecule has 6 nitrogen and oxygen atoms in total. The van der Waals surface area contributed by atoms with Gasteiger partial charge in [0.05, 0.1) is 5.69 Å². The highest BCUT2D eigenvalue weighted by molar-refractivity contribution is 5.91. The van der Waals surface area contributed by atoms with Gasteiger partial charge in [0.2, 0.25) is 5.91 Å². The second kappa shape index (κ2) is 7.43. The molecule has 0 bridgehead atoms. The average molecular weight is 322 g/mol. The summed E-state index contributed by atoms with van der Waals surface area (Å²) < 4.78 is 1.81. The van der Waals surface area contributed by atoms with E-state index >= 15 is 0 Å². The van der Waals surface area contributed by atoms with Crippen molar-refractivity contribution in [2.24, 2.45) is 0 Å². The lowest BCUT2D eigenvalue weighted by Crippen LogP contribution is -2.15. The number of amides is 1. The van der Waals surface area contributed by atoms with Crippen LogP contribution in [0.2, 0.25) is 0 Å². The van der Waals surface area contributed by atoms with Crippen molar-refractivity contribution < 1.29 is 9.90 Å². The Labute approximate surface area is 139 Å². The van der Waals surface area contributed by atoms with Crippen LogP contribution in [0.5, 0.6) is 0 Å². The van der Waals surface area contributed by atoms with Crippen LogP contribution in [-0.2, 0) is 11.3 Å². The summed E-state index contributed by atoms with van der Waals surface area (Å²) >= 11 is 0. The number of aromatic nitrogens is 2. The largest absolute Gasteiger partial charge is 0.387 e. The molecule has 24 heavy (non-hydrogen) atoms. The van der Waals surface area contributed by atoms with Gasteiger partial charge >= 0.3 is 0 Å². The molecular weight excluding hydrogens is 304 g/mol. The lowest BCUT2D eigenvalue weighted by atomic mass is 10.2. The minimum Gasteiger partial charge on any atom is -0.387 e. The normalized spacial score (nSPS) is 10.4. The zero-order valence-corrected chi connectivity index (χ0v) is 13.0. The van der Waals surface area contributed by atoms with Crippen molar-refractivity contribution in [1.29, 1.82) is 0 Å². The highest BCUT2D eigenvalue weighted by Gasteiger charge is 2.01. The third-order valence-electron chi connectivity index (χ3n) is 3.49. The van der Waals surface area contributed by atoms with Crippen LogP contribution in [0.4, 0.5) is 11.4 Å². The maximum absolute atomic E-state index is 11.2. The lowest BCUT2D eigenvalue weighted by molar-refractivity contribution is -0.118. The molecule has 0 spiro atoms. The lowest BCUT2D eigenvalue weighted by Gasteiger charge is -2.10. The molecule has 122 valence electrons. The van der Waals surface area contributed by atoms with Gasteiger partial charge in [0.1, 0.15) is 6.61 Å². The van der Waals surface area contributed by atoms with Crippen LogP contribution < -0.4 is 10.6 Å². The number of rotatable bonds is 6. The molecule has 1 heterocycles. The third-order valence-corrected chi connectivity index (χ3v) is 3.49. The number of aliphatic hydroxyl groups is 1. The molecule has 0 radical (unpaired) electrons. The van der Waals surface area contributed by atoms with Gasteiger partial charge in [-0.25, -0.2) is 4.68 Å². The van der Waals surface area contributed by atoms with E-state index in [-0.39, 0.29) is 0 Å². The summed E-state index contributed by atoms with van der Waals surface area (Å²) in [5.41, 5.74) is 3.68. The Hall–Kier alpha value is -3.12. The summed E-state index contributed by atoms with van der Waals surface area (Å²) in [4.78, 5) is 11.2. The number of nitrogens with zero attached hydrogens (tertiary/aromatic N) is 2. The minimum absolute atomic E-state index is 0.429. The molecule has 3 rings (SSSR count). The molecule has 3 aromatic rings. The topological polar surface area (TPSA) is 79.2 Å². The predicted octanol–water partition coefficient (Wildman–Crippen LogP) is 2.42. The van der Waals surface area contributed by atoms with E-state index in [1.807, 2.05) is 59.4 Å². The van der Waals surface area contributed by atoms with Crippen molar-refractivity contribution in [3.8, 4) is 5.69 Å². The molecule has 0 aliphatic rings. The van der Waals surface area contributed by atoms with Crippen LogP contribution >= 0.6 is 0 Å². The number of anilines is 2. The Morgan fingerprint density at radius 1 is 1.08 bits per heavy atom. The fraction of sp³-hybridized carbons (Fsp3) is 0.111. The number of aliphatic hydroxyl groups excluding tert-OH is 1. The summed E-state index contributed by atoms with van der Waals surface area (Å²) in [6, 6.07) is 17.4. The zero-order valence-electron chi connectivity index (χ0n) is 13.0. The van der Waals surface area contributed by atoms with E-state index in [9.17, 15) is 4.79 Å². The third kappa shape index (κ3) is 3.99. The van der Waals surface area contributed by atoms with Gasteiger partial charge < -0.3 is 15.7 Å². The van der Waals surface area contributed by atoms with E-state index in [0.717, 1.165) is 16.9 Å². The van der Waals surface area contributed by atoms with E-state index in [0.29, 0.717) is 12.2 Å². The Kier molecular flexibility index (Phi) is 4.88. The Morgan fingerprint density at radius 3 is 2.58 bits per heavy atom. The van der Waals surface area contributed by atoms with Crippen LogP contribution in [-0.4, -0.2) is 27.4 Å². The molecule has 0 saturated heterocycles. The van der Waals surface area contributed by atoms with E-state index in [1.54, 1.807) is 12.3 Å². The Bertz CT molecular complexity index is 798. The average Bonchev–Trinajstić information content (AvgIpc) is 3.15. The maximum Gasteiger partial charge on any atom is 0.250 e. The van der Waals surface area contributed by atoms with Gasteiger partial charge in [-0.2, -0.15) is 5.10 Å². The van der Waals surface area contributed by atoms with Crippen LogP contribution in [0, 0.1) is 0 Å². The van der Waals surface area contributed by atoms with Crippen molar-refractivity contribution in [3.63, 3.8) is 0 Å². The highest BCUT2D eigenvalue weighted by atomic mass is 16.3. The number of benzene rings is 2. The summed E-state index contributed by atoms with van der Waals surface area (Å²) in [5.74, 6) is -0.429. The van der Waals surface area contributed by atoms with Gasteiger partial charge in [0.25, 0.3) is 0 Å². The molecular formula is C18H18N4O2. The number of hydrogen-bond acceptors (Lipinski definition) is 4. The molecule has 0 aliphatic carbocycles. The van der Waals surface area contributed by atoms with Gasteiger partial charge in [-0.1, -0.05) is 18.2 Å². The predicted molar refractivity (Wildman–Crippen MR) is 93.0 cm³/mol. The summed E-state index contributed by atoms with van der Waals surface area (Å²) in [5, 5.41) is 18.9. The first-order valence-electron chi connectivity index (χ1n) is 7.58. The number of carbonyl (C=O) groups excluding carboxylic acids is 1. The SMILES string of the molecule is O=C(CO)Nc1cccc(NCc2ccc(-n3cccn3)cc2)c1. The highest BCUT2D eigenvalue weighted by Crippen LogP contribution is 2.16. The smallest absolute Gasteiger partial charge is 0.250 e. The molecule has 6 heteroatoms. The molecule has 1 amide bonds. The van der Waals surface area contributed by atoms with E-state index < -0.39 is 12.5 Å². The van der Waals surface area contributed by atoms with Crippen molar-refractivity contribution in [2.45, 2.75) is 6.54 Å². The summed E-state index contributed by atoms with van der Waals surface area (Å²) in [6.45, 7) is 0.136. The number of hydrogen-bond donors (Lipinski definition) is 3. The van der Waals surface area contributed by atoms with Crippen LogP contribution in [0.3, 0.4) is 0 Å². The molecule has 2 aromatic carbocycles. The van der Waals surface area contributed by atoms with E-state index in [1.165, 1.54) is 0 Å². The Morgan fingerprint density at radius 2 is 1.88 bits per heavy atom. The molecule has 0 fully saturated rings. The van der Waals surface area contributed by atoms with Gasteiger partial charge in [-0.05, 0) is 42.0 Å². The van der Waals surface area contributed by atoms with Crippen molar-refractivity contribution >= 4 is 17.3 Å². The molecule has 0 saturated carbocycles. The first-order valence-corrected chi connectivity index (χ1v) is 7.58. The zero-order chi connectivity index (χ0) is 16.8. The molecule has 0 aliphatic heterocycles. The molecule has 3 N–H and O–H groups in total. The molecule has 0 atom stereocenters. The van der Waals surface area contributed by atoms with Crippen molar-refractivity contribution in [1.82, 2.24) is 9.78 Å². The quantitative estimate of drug-likeness (QED) is 0.651. The van der Waals surface area contributed by atoms with E-state index in [4.69, 9.17) is 5.11 Å². The second-order valence-corrected chi connectivity index (χ2v) is 5.26. The fourth-order valence-corrected chi connectivity index (χ4v) is 2.30. The number of carbonyl (C=O) groups is 1. The maximum atomic E-state index is 11.2. The van der Waals surface area contributed by atoms with Crippen LogP contribution in [0.15, 0.2) is 67.0 Å².